The zero-order chi connectivity index (χ0) is 14.6. The minimum Gasteiger partial charge on any atom is -0.466 e. The summed E-state index contributed by atoms with van der Waals surface area (Å²) >= 11 is 0. The summed E-state index contributed by atoms with van der Waals surface area (Å²) in [4.78, 5) is 29.0. The lowest BCUT2D eigenvalue weighted by atomic mass is 10.2. The van der Waals surface area contributed by atoms with Gasteiger partial charge in [0, 0.05) is 6.26 Å². The Kier molecular flexibility index (Phi) is 4.65. The number of nitrogens with zero attached hydrogens (tertiary/aromatic N) is 1. The number of carbonyl (C=O) groups excluding carboxylic acids is 1. The number of nitrogens with two attached hydrogens (primary N) is 1. The van der Waals surface area contributed by atoms with E-state index in [9.17, 15) is 18.0 Å². The summed E-state index contributed by atoms with van der Waals surface area (Å²) in [5, 5.41) is 0. The number of aromatic nitrogens is 2. The van der Waals surface area contributed by atoms with Gasteiger partial charge in [0.2, 0.25) is 0 Å². The Morgan fingerprint density at radius 2 is 2.11 bits per heavy atom. The van der Waals surface area contributed by atoms with Crippen LogP contribution in [0.1, 0.15) is 18.3 Å². The number of anilines is 1. The van der Waals surface area contributed by atoms with Crippen LogP contribution in [0.4, 0.5) is 5.82 Å². The zero-order valence-corrected chi connectivity index (χ0v) is 11.4. The number of H-pyrrole nitrogens is 1. The van der Waals surface area contributed by atoms with Crippen molar-refractivity contribution in [1.29, 1.82) is 0 Å². The van der Waals surface area contributed by atoms with Crippen molar-refractivity contribution in [3.63, 3.8) is 0 Å². The molecule has 3 N–H and O–H groups in total. The smallest absolute Gasteiger partial charge is 0.310 e. The van der Waals surface area contributed by atoms with E-state index < -0.39 is 27.1 Å². The molecular formula is C10H15N3O5S. The van der Waals surface area contributed by atoms with Crippen molar-refractivity contribution in [3.05, 3.63) is 21.7 Å². The number of nitrogen functional groups attached to an aromatic ring is 1. The van der Waals surface area contributed by atoms with E-state index >= 15 is 0 Å². The van der Waals surface area contributed by atoms with Crippen LogP contribution in [0, 0.1) is 0 Å². The Balaban J connectivity index is 3.05. The molecule has 0 aliphatic heterocycles. The summed E-state index contributed by atoms with van der Waals surface area (Å²) < 4.78 is 26.9. The summed E-state index contributed by atoms with van der Waals surface area (Å²) in [6.07, 6.45) is 0.705. The Hall–Kier alpha value is -1.90. The largest absolute Gasteiger partial charge is 0.466 e. The normalized spacial score (nSPS) is 11.3. The molecule has 1 aromatic rings. The lowest BCUT2D eigenvalue weighted by molar-refractivity contribution is -0.142. The second-order valence-corrected chi connectivity index (χ2v) is 6.07. The molecule has 1 heterocycles. The SMILES string of the molecule is CCOC(=O)Cc1c(N)nc(CS(C)(=O)=O)[nH]c1=O. The molecule has 9 heteroatoms. The lowest BCUT2D eigenvalue weighted by Crippen LogP contribution is -2.24. The zero-order valence-electron chi connectivity index (χ0n) is 10.6. The van der Waals surface area contributed by atoms with Gasteiger partial charge in [0.1, 0.15) is 17.4 Å². The second kappa shape index (κ2) is 5.83. The van der Waals surface area contributed by atoms with Gasteiger partial charge in [-0.1, -0.05) is 0 Å². The maximum absolute atomic E-state index is 11.7. The fraction of sp³-hybridized carbons (Fsp3) is 0.500. The van der Waals surface area contributed by atoms with E-state index in [-0.39, 0.29) is 30.2 Å². The number of sulfone groups is 1. The minimum absolute atomic E-state index is 0.0318. The van der Waals surface area contributed by atoms with Crippen molar-refractivity contribution in [2.24, 2.45) is 0 Å². The van der Waals surface area contributed by atoms with Crippen molar-refractivity contribution < 1.29 is 17.9 Å². The highest BCUT2D eigenvalue weighted by Crippen LogP contribution is 2.06. The average molecular weight is 289 g/mol. The van der Waals surface area contributed by atoms with Crippen molar-refractivity contribution in [1.82, 2.24) is 9.97 Å². The quantitative estimate of drug-likeness (QED) is 0.664. The third-order valence-electron chi connectivity index (χ3n) is 2.12. The van der Waals surface area contributed by atoms with Gasteiger partial charge in [0.05, 0.1) is 18.6 Å². The first kappa shape index (κ1) is 15.2. The molecule has 0 aromatic carbocycles. The lowest BCUT2D eigenvalue weighted by Gasteiger charge is -2.06. The van der Waals surface area contributed by atoms with Crippen molar-refractivity contribution in [3.8, 4) is 0 Å². The molecular weight excluding hydrogens is 274 g/mol. The number of ether oxygens (including phenoxy) is 1. The fourth-order valence-electron chi connectivity index (χ4n) is 1.41. The molecule has 0 saturated carbocycles. The van der Waals surface area contributed by atoms with Gasteiger partial charge in [0.15, 0.2) is 9.84 Å². The number of esters is 1. The van der Waals surface area contributed by atoms with Crippen LogP contribution in [0.15, 0.2) is 4.79 Å². The van der Waals surface area contributed by atoms with Gasteiger partial charge >= 0.3 is 5.97 Å². The van der Waals surface area contributed by atoms with Gasteiger partial charge in [-0.15, -0.1) is 0 Å². The molecule has 106 valence electrons. The molecule has 0 saturated heterocycles. The number of aromatic amines is 1. The number of hydrogen-bond acceptors (Lipinski definition) is 7. The monoisotopic (exact) mass is 289 g/mol. The van der Waals surface area contributed by atoms with E-state index in [2.05, 4.69) is 9.97 Å². The van der Waals surface area contributed by atoms with Crippen LogP contribution in [-0.4, -0.2) is 37.2 Å². The molecule has 0 unspecified atom stereocenters. The maximum Gasteiger partial charge on any atom is 0.310 e. The molecule has 0 fully saturated rings. The fourth-order valence-corrected chi connectivity index (χ4v) is 2.04. The Morgan fingerprint density at radius 1 is 1.47 bits per heavy atom. The number of nitrogens with one attached hydrogen (secondary N) is 1. The first-order valence-electron chi connectivity index (χ1n) is 5.43. The molecule has 0 amide bonds. The highest BCUT2D eigenvalue weighted by Gasteiger charge is 2.15. The van der Waals surface area contributed by atoms with Crippen LogP contribution in [-0.2, 0) is 31.5 Å². The van der Waals surface area contributed by atoms with E-state index in [1.807, 2.05) is 0 Å². The molecule has 0 bridgehead atoms. The van der Waals surface area contributed by atoms with E-state index in [4.69, 9.17) is 10.5 Å². The molecule has 0 radical (unpaired) electrons. The summed E-state index contributed by atoms with van der Waals surface area (Å²) in [7, 11) is -3.34. The first-order chi connectivity index (χ1) is 8.73. The highest BCUT2D eigenvalue weighted by atomic mass is 32.2. The standard InChI is InChI=1S/C10H15N3O5S/c1-3-18-8(14)4-6-9(11)12-7(13-10(6)15)5-19(2,16)17/h3-5H2,1-2H3,(H3,11,12,13,15). The van der Waals surface area contributed by atoms with E-state index in [0.29, 0.717) is 0 Å². The maximum atomic E-state index is 11.7. The third kappa shape index (κ3) is 4.70. The molecule has 0 atom stereocenters. The molecule has 1 rings (SSSR count). The predicted molar refractivity (Wildman–Crippen MR) is 68.2 cm³/mol. The minimum atomic E-state index is -3.34. The average Bonchev–Trinajstić information content (AvgIpc) is 2.21. The molecule has 8 nitrogen and oxygen atoms in total. The van der Waals surface area contributed by atoms with Crippen molar-refractivity contribution in [2.75, 3.05) is 18.6 Å². The first-order valence-corrected chi connectivity index (χ1v) is 7.50. The summed E-state index contributed by atoms with van der Waals surface area (Å²) in [6, 6.07) is 0. The van der Waals surface area contributed by atoms with Gasteiger partial charge in [0.25, 0.3) is 5.56 Å². The van der Waals surface area contributed by atoms with E-state index in [1.165, 1.54) is 0 Å². The van der Waals surface area contributed by atoms with Crippen molar-refractivity contribution >= 4 is 21.6 Å². The summed E-state index contributed by atoms with van der Waals surface area (Å²) in [6.45, 7) is 1.83. The number of hydrogen-bond donors (Lipinski definition) is 2. The highest BCUT2D eigenvalue weighted by molar-refractivity contribution is 7.89. The Bertz CT molecular complexity index is 635. The van der Waals surface area contributed by atoms with Crippen LogP contribution in [0.5, 0.6) is 0 Å². The van der Waals surface area contributed by atoms with E-state index in [0.717, 1.165) is 6.26 Å². The van der Waals surface area contributed by atoms with Crippen LogP contribution in [0.2, 0.25) is 0 Å². The van der Waals surface area contributed by atoms with Gasteiger partial charge in [-0.25, -0.2) is 13.4 Å². The number of rotatable bonds is 5. The second-order valence-electron chi connectivity index (χ2n) is 3.93. The number of carbonyl (C=O) groups is 1. The molecule has 19 heavy (non-hydrogen) atoms. The molecule has 0 aliphatic rings. The molecule has 0 aliphatic carbocycles. The van der Waals surface area contributed by atoms with Crippen molar-refractivity contribution in [2.45, 2.75) is 19.1 Å². The molecule has 0 spiro atoms. The third-order valence-corrected chi connectivity index (χ3v) is 2.92. The van der Waals surface area contributed by atoms with Crippen LogP contribution in [0.3, 0.4) is 0 Å². The van der Waals surface area contributed by atoms with Gasteiger partial charge in [-0.05, 0) is 6.92 Å². The Labute approximate surface area is 109 Å². The van der Waals surface area contributed by atoms with Crippen LogP contribution in [0.25, 0.3) is 0 Å². The Morgan fingerprint density at radius 3 is 2.58 bits per heavy atom. The van der Waals surface area contributed by atoms with Crippen LogP contribution >= 0.6 is 0 Å². The van der Waals surface area contributed by atoms with Gasteiger partial charge in [-0.3, -0.25) is 9.59 Å². The topological polar surface area (TPSA) is 132 Å². The van der Waals surface area contributed by atoms with E-state index in [1.54, 1.807) is 6.92 Å². The van der Waals surface area contributed by atoms with Gasteiger partial charge < -0.3 is 15.5 Å². The predicted octanol–water partition coefficient (Wildman–Crippen LogP) is -0.998. The van der Waals surface area contributed by atoms with Crippen LogP contribution < -0.4 is 11.3 Å². The summed E-state index contributed by atoms with van der Waals surface area (Å²) in [5.41, 5.74) is 4.88. The molecule has 1 aromatic heterocycles. The summed E-state index contributed by atoms with van der Waals surface area (Å²) in [5.74, 6) is -1.25. The van der Waals surface area contributed by atoms with Gasteiger partial charge in [-0.2, -0.15) is 0 Å².